The minimum atomic E-state index is -0.580. The molecule has 16 heavy (non-hydrogen) atoms. The van der Waals surface area contributed by atoms with Crippen molar-refractivity contribution in [3.63, 3.8) is 0 Å². The molecule has 0 fully saturated rings. The monoisotopic (exact) mass is 223 g/mol. The topological polar surface area (TPSA) is 39.2 Å². The Labute approximate surface area is 91.7 Å². The summed E-state index contributed by atoms with van der Waals surface area (Å²) in [6.07, 6.45) is 0.298. The van der Waals surface area contributed by atoms with Gasteiger partial charge in [-0.2, -0.15) is 0 Å². The van der Waals surface area contributed by atoms with Gasteiger partial charge in [0.25, 0.3) is 0 Å². The largest absolute Gasteiger partial charge is 0.464 e. The first-order valence-electron chi connectivity index (χ1n) is 4.90. The maximum atomic E-state index is 13.3. The number of hydrogen-bond acceptors (Lipinski definition) is 2. The van der Waals surface area contributed by atoms with E-state index >= 15 is 0 Å². The lowest BCUT2D eigenvalue weighted by Gasteiger charge is -2.00. The normalized spacial score (nSPS) is 10.7. The first kappa shape index (κ1) is 10.8. The van der Waals surface area contributed by atoms with Crippen LogP contribution in [0, 0.1) is 11.6 Å². The lowest BCUT2D eigenvalue weighted by molar-refractivity contribution is 0.471. The fraction of sp³-hybridized carbons (Fsp3) is 0.167. The van der Waals surface area contributed by atoms with Crippen LogP contribution in [0.2, 0.25) is 0 Å². The minimum absolute atomic E-state index is 0.298. The summed E-state index contributed by atoms with van der Waals surface area (Å²) < 4.78 is 31.3. The van der Waals surface area contributed by atoms with Gasteiger partial charge in [-0.1, -0.05) is 6.07 Å². The first-order chi connectivity index (χ1) is 7.69. The van der Waals surface area contributed by atoms with Gasteiger partial charge in [-0.15, -0.1) is 0 Å². The molecule has 0 amide bonds. The van der Waals surface area contributed by atoms with Crippen molar-refractivity contribution in [2.75, 3.05) is 0 Å². The zero-order valence-electron chi connectivity index (χ0n) is 8.54. The van der Waals surface area contributed by atoms with Crippen LogP contribution < -0.4 is 5.73 Å². The molecule has 2 aromatic rings. The number of hydrogen-bond donors (Lipinski definition) is 1. The molecule has 2 rings (SSSR count). The Bertz CT molecular complexity index is 494. The standard InChI is InChI=1S/C12H11F2NO/c13-9-2-1-8(12(14)6-9)5-10-3-4-11(7-15)16-10/h1-4,6H,5,7,15H2. The van der Waals surface area contributed by atoms with Crippen LogP contribution in [0.5, 0.6) is 0 Å². The average molecular weight is 223 g/mol. The molecule has 0 aliphatic carbocycles. The fourth-order valence-corrected chi connectivity index (χ4v) is 1.48. The highest BCUT2D eigenvalue weighted by Gasteiger charge is 2.07. The summed E-state index contributed by atoms with van der Waals surface area (Å²) in [6, 6.07) is 6.99. The molecular formula is C12H11F2NO. The SMILES string of the molecule is NCc1ccc(Cc2ccc(F)cc2F)o1. The summed E-state index contributed by atoms with van der Waals surface area (Å²) in [7, 11) is 0. The Kier molecular flexibility index (Phi) is 3.01. The van der Waals surface area contributed by atoms with E-state index in [2.05, 4.69) is 0 Å². The molecule has 1 aromatic carbocycles. The molecular weight excluding hydrogens is 212 g/mol. The zero-order valence-corrected chi connectivity index (χ0v) is 8.54. The molecule has 0 saturated carbocycles. The quantitative estimate of drug-likeness (QED) is 0.868. The molecule has 84 valence electrons. The highest BCUT2D eigenvalue weighted by atomic mass is 19.1. The molecule has 0 spiro atoms. The summed E-state index contributed by atoms with van der Waals surface area (Å²) in [5.74, 6) is 0.123. The van der Waals surface area contributed by atoms with Gasteiger partial charge in [-0.05, 0) is 23.8 Å². The maximum Gasteiger partial charge on any atom is 0.129 e. The van der Waals surface area contributed by atoms with Crippen molar-refractivity contribution in [1.29, 1.82) is 0 Å². The molecule has 0 bridgehead atoms. The summed E-state index contributed by atoms with van der Waals surface area (Å²) in [5, 5.41) is 0. The second-order valence-corrected chi connectivity index (χ2v) is 3.48. The molecule has 0 saturated heterocycles. The van der Waals surface area contributed by atoms with Crippen molar-refractivity contribution in [3.05, 3.63) is 59.1 Å². The summed E-state index contributed by atoms with van der Waals surface area (Å²) in [6.45, 7) is 0.311. The van der Waals surface area contributed by atoms with Crippen molar-refractivity contribution >= 4 is 0 Å². The predicted octanol–water partition coefficient (Wildman–Crippen LogP) is 2.61. The Hall–Kier alpha value is -1.68. The molecule has 0 aliphatic heterocycles. The van der Waals surface area contributed by atoms with Crippen LogP contribution in [0.1, 0.15) is 17.1 Å². The molecule has 1 aromatic heterocycles. The molecule has 0 unspecified atom stereocenters. The summed E-state index contributed by atoms with van der Waals surface area (Å²) in [4.78, 5) is 0. The molecule has 4 heteroatoms. The van der Waals surface area contributed by atoms with Gasteiger partial charge in [0.1, 0.15) is 23.2 Å². The van der Waals surface area contributed by atoms with Crippen LogP contribution in [-0.2, 0) is 13.0 Å². The Morgan fingerprint density at radius 3 is 2.44 bits per heavy atom. The van der Waals surface area contributed by atoms with E-state index in [1.807, 2.05) is 0 Å². The Balaban J connectivity index is 2.20. The van der Waals surface area contributed by atoms with Gasteiger partial charge in [0, 0.05) is 12.5 Å². The van der Waals surface area contributed by atoms with Gasteiger partial charge >= 0.3 is 0 Å². The van der Waals surface area contributed by atoms with Crippen molar-refractivity contribution in [2.45, 2.75) is 13.0 Å². The van der Waals surface area contributed by atoms with E-state index in [1.54, 1.807) is 12.1 Å². The van der Waals surface area contributed by atoms with Gasteiger partial charge in [0.05, 0.1) is 6.54 Å². The number of halogens is 2. The predicted molar refractivity (Wildman–Crippen MR) is 55.8 cm³/mol. The van der Waals surface area contributed by atoms with Crippen LogP contribution in [-0.4, -0.2) is 0 Å². The summed E-state index contributed by atoms with van der Waals surface area (Å²) in [5.41, 5.74) is 5.79. The third-order valence-electron chi connectivity index (χ3n) is 2.30. The van der Waals surface area contributed by atoms with Gasteiger partial charge in [0.15, 0.2) is 0 Å². The zero-order chi connectivity index (χ0) is 11.5. The number of rotatable bonds is 3. The van der Waals surface area contributed by atoms with Crippen molar-refractivity contribution in [3.8, 4) is 0 Å². The smallest absolute Gasteiger partial charge is 0.129 e. The molecule has 0 aliphatic rings. The third kappa shape index (κ3) is 2.28. The highest BCUT2D eigenvalue weighted by Crippen LogP contribution is 2.16. The van der Waals surface area contributed by atoms with Crippen molar-refractivity contribution in [2.24, 2.45) is 5.73 Å². The van der Waals surface area contributed by atoms with E-state index in [0.717, 1.165) is 6.07 Å². The van der Waals surface area contributed by atoms with Crippen LogP contribution in [0.25, 0.3) is 0 Å². The third-order valence-corrected chi connectivity index (χ3v) is 2.30. The fourth-order valence-electron chi connectivity index (χ4n) is 1.48. The van der Waals surface area contributed by atoms with E-state index in [4.69, 9.17) is 10.2 Å². The molecule has 2 N–H and O–H groups in total. The second-order valence-electron chi connectivity index (χ2n) is 3.48. The van der Waals surface area contributed by atoms with E-state index in [0.29, 0.717) is 30.0 Å². The van der Waals surface area contributed by atoms with Gasteiger partial charge < -0.3 is 10.2 Å². The summed E-state index contributed by atoms with van der Waals surface area (Å²) >= 11 is 0. The lowest BCUT2D eigenvalue weighted by Crippen LogP contribution is -1.94. The van der Waals surface area contributed by atoms with Crippen LogP contribution in [0.4, 0.5) is 8.78 Å². The number of benzene rings is 1. The van der Waals surface area contributed by atoms with Gasteiger partial charge in [-0.25, -0.2) is 8.78 Å². The number of furan rings is 1. The van der Waals surface area contributed by atoms with E-state index < -0.39 is 11.6 Å². The molecule has 0 atom stereocenters. The van der Waals surface area contributed by atoms with Gasteiger partial charge in [-0.3, -0.25) is 0 Å². The molecule has 2 nitrogen and oxygen atoms in total. The van der Waals surface area contributed by atoms with Gasteiger partial charge in [0.2, 0.25) is 0 Å². The lowest BCUT2D eigenvalue weighted by atomic mass is 10.1. The van der Waals surface area contributed by atoms with E-state index in [9.17, 15) is 8.78 Å². The Morgan fingerprint density at radius 2 is 1.81 bits per heavy atom. The van der Waals surface area contributed by atoms with Crippen LogP contribution in [0.3, 0.4) is 0 Å². The van der Waals surface area contributed by atoms with Crippen molar-refractivity contribution in [1.82, 2.24) is 0 Å². The second kappa shape index (κ2) is 4.45. The van der Waals surface area contributed by atoms with Crippen molar-refractivity contribution < 1.29 is 13.2 Å². The number of nitrogens with two attached hydrogens (primary N) is 1. The van der Waals surface area contributed by atoms with Crippen LogP contribution in [0.15, 0.2) is 34.7 Å². The van der Waals surface area contributed by atoms with Crippen LogP contribution >= 0.6 is 0 Å². The highest BCUT2D eigenvalue weighted by molar-refractivity contribution is 5.23. The van der Waals surface area contributed by atoms with E-state index in [1.165, 1.54) is 12.1 Å². The molecule has 0 radical (unpaired) electrons. The van der Waals surface area contributed by atoms with E-state index in [-0.39, 0.29) is 0 Å². The molecule has 1 heterocycles. The average Bonchev–Trinajstić information content (AvgIpc) is 2.70. The minimum Gasteiger partial charge on any atom is -0.464 e. The maximum absolute atomic E-state index is 13.3. The first-order valence-corrected chi connectivity index (χ1v) is 4.90. The Morgan fingerprint density at radius 1 is 1.06 bits per heavy atom.